The number of nitrogens with zero attached hydrogens (tertiary/aromatic N) is 3. The van der Waals surface area contributed by atoms with E-state index in [0.717, 1.165) is 57.5 Å². The number of halogens is 2. The molecule has 0 aliphatic carbocycles. The van der Waals surface area contributed by atoms with Gasteiger partial charge in [-0.2, -0.15) is 0 Å². The van der Waals surface area contributed by atoms with Crippen LogP contribution < -0.4 is 10.1 Å². The Hall–Kier alpha value is -4.03. The maximum atomic E-state index is 16.0. The average molecular weight is 645 g/mol. The number of hydrogen-bond donors (Lipinski definition) is 1. The van der Waals surface area contributed by atoms with Gasteiger partial charge < -0.3 is 19.7 Å². The van der Waals surface area contributed by atoms with Crippen LogP contribution in [0.15, 0.2) is 54.4 Å². The number of carbonyl (C=O) groups is 1. The van der Waals surface area contributed by atoms with E-state index in [9.17, 15) is 9.18 Å². The molecule has 0 spiro atoms. The molecule has 1 N–H and O–H groups in total. The maximum absolute atomic E-state index is 16.0. The molecular weight excluding hydrogens is 615 g/mol. The lowest BCUT2D eigenvalue weighted by atomic mass is 9.94. The van der Waals surface area contributed by atoms with E-state index in [1.54, 1.807) is 4.90 Å². The number of amides is 1. The number of pyridine rings is 1. The van der Waals surface area contributed by atoms with Crippen LogP contribution in [0.3, 0.4) is 0 Å². The first-order valence-electron chi connectivity index (χ1n) is 14.7. The Morgan fingerprint density at radius 2 is 1.98 bits per heavy atom. The van der Waals surface area contributed by atoms with E-state index < -0.39 is 11.6 Å². The van der Waals surface area contributed by atoms with E-state index >= 15 is 4.39 Å². The van der Waals surface area contributed by atoms with Gasteiger partial charge >= 0.3 is 0 Å². The van der Waals surface area contributed by atoms with Gasteiger partial charge in [-0.05, 0) is 47.7 Å². The van der Waals surface area contributed by atoms with Gasteiger partial charge in [0.05, 0.1) is 30.1 Å². The summed E-state index contributed by atoms with van der Waals surface area (Å²) in [6, 6.07) is 10.5. The molecule has 0 radical (unpaired) electrons. The monoisotopic (exact) mass is 644 g/mol. The standard InChI is InChI=1S/C34H30F2N4O3S2/c1-3-28(41)40-10-7-25-27(18-40)45-34(38-25)32-30(29-24(36)15-22(35)16-26(29)43-12-11-42-2)33-23(8-13-44-33)31(39-32)20-4-5-21-17-37-9-6-19(21)14-20/h3-5,8,13-16,37H,1,6-7,9-12,17-18H2,2H3. The van der Waals surface area contributed by atoms with Crippen molar-refractivity contribution in [1.82, 2.24) is 20.2 Å². The second-order valence-electron chi connectivity index (χ2n) is 11.0. The molecular formula is C34H30F2N4O3S2. The van der Waals surface area contributed by atoms with Gasteiger partial charge in [0.2, 0.25) is 5.91 Å². The summed E-state index contributed by atoms with van der Waals surface area (Å²) in [5.74, 6) is -1.55. The lowest BCUT2D eigenvalue weighted by Gasteiger charge is -2.24. The molecule has 0 atom stereocenters. The van der Waals surface area contributed by atoms with Crippen LogP contribution in [-0.2, 0) is 35.5 Å². The fraction of sp³-hybridized carbons (Fsp3) is 0.265. The van der Waals surface area contributed by atoms with E-state index in [1.165, 1.54) is 53.1 Å². The Balaban J connectivity index is 1.47. The number of carbonyl (C=O) groups excluding carboxylic acids is 1. The molecule has 5 aromatic rings. The number of aromatic nitrogens is 2. The number of nitrogens with one attached hydrogen (secondary N) is 1. The normalized spacial score (nSPS) is 14.3. The van der Waals surface area contributed by atoms with E-state index in [1.807, 2.05) is 11.4 Å². The van der Waals surface area contributed by atoms with E-state index in [-0.39, 0.29) is 30.4 Å². The number of ether oxygens (including phenoxy) is 2. The zero-order valence-electron chi connectivity index (χ0n) is 24.6. The molecule has 5 heterocycles. The Morgan fingerprint density at radius 3 is 2.82 bits per heavy atom. The number of methoxy groups -OCH3 is 1. The molecule has 3 aromatic heterocycles. The summed E-state index contributed by atoms with van der Waals surface area (Å²) in [6.07, 6.45) is 2.83. The number of thiazole rings is 1. The summed E-state index contributed by atoms with van der Waals surface area (Å²) in [5, 5.41) is 6.85. The fourth-order valence-electron chi connectivity index (χ4n) is 6.01. The van der Waals surface area contributed by atoms with Crippen LogP contribution in [0.2, 0.25) is 0 Å². The van der Waals surface area contributed by atoms with Crippen molar-refractivity contribution in [2.24, 2.45) is 0 Å². The smallest absolute Gasteiger partial charge is 0.246 e. The molecule has 2 aromatic carbocycles. The van der Waals surface area contributed by atoms with Gasteiger partial charge in [0.25, 0.3) is 0 Å². The highest BCUT2D eigenvalue weighted by Gasteiger charge is 2.29. The molecule has 11 heteroatoms. The van der Waals surface area contributed by atoms with Gasteiger partial charge in [0.15, 0.2) is 0 Å². The molecule has 7 nitrogen and oxygen atoms in total. The molecule has 2 aliphatic rings. The van der Waals surface area contributed by atoms with Crippen LogP contribution in [0.5, 0.6) is 5.75 Å². The first-order chi connectivity index (χ1) is 21.9. The molecule has 45 heavy (non-hydrogen) atoms. The fourth-order valence-corrected chi connectivity index (χ4v) is 8.08. The van der Waals surface area contributed by atoms with Crippen LogP contribution in [0.1, 0.15) is 21.7 Å². The summed E-state index contributed by atoms with van der Waals surface area (Å²) in [7, 11) is 1.54. The molecule has 7 rings (SSSR count). The molecule has 0 saturated heterocycles. The summed E-state index contributed by atoms with van der Waals surface area (Å²) < 4.78 is 42.5. The molecule has 0 bridgehead atoms. The number of rotatable bonds is 8. The van der Waals surface area contributed by atoms with E-state index in [2.05, 4.69) is 30.1 Å². The van der Waals surface area contributed by atoms with Gasteiger partial charge in [-0.15, -0.1) is 22.7 Å². The molecule has 0 fully saturated rings. The van der Waals surface area contributed by atoms with Gasteiger partial charge in [0, 0.05) is 64.8 Å². The largest absolute Gasteiger partial charge is 0.490 e. The van der Waals surface area contributed by atoms with Crippen LogP contribution >= 0.6 is 22.7 Å². The van der Waals surface area contributed by atoms with Gasteiger partial charge in [-0.25, -0.2) is 18.7 Å². The van der Waals surface area contributed by atoms with Crippen molar-refractivity contribution in [2.45, 2.75) is 25.9 Å². The highest BCUT2D eigenvalue weighted by molar-refractivity contribution is 7.18. The maximum Gasteiger partial charge on any atom is 0.246 e. The first-order valence-corrected chi connectivity index (χ1v) is 16.4. The predicted octanol–water partition coefficient (Wildman–Crippen LogP) is 6.77. The van der Waals surface area contributed by atoms with E-state index in [4.69, 9.17) is 19.4 Å². The average Bonchev–Trinajstić information content (AvgIpc) is 3.71. The Morgan fingerprint density at radius 1 is 1.09 bits per heavy atom. The Kier molecular flexibility index (Phi) is 8.17. The van der Waals surface area contributed by atoms with Gasteiger partial charge in [0.1, 0.15) is 34.7 Å². The summed E-state index contributed by atoms with van der Waals surface area (Å²) in [5.41, 5.74) is 6.28. The van der Waals surface area contributed by atoms with Gasteiger partial charge in [-0.1, -0.05) is 18.7 Å². The quantitative estimate of drug-likeness (QED) is 0.148. The minimum Gasteiger partial charge on any atom is -0.490 e. The van der Waals surface area contributed by atoms with Crippen molar-refractivity contribution >= 4 is 38.7 Å². The molecule has 1 amide bonds. The SMILES string of the molecule is C=CC(=O)N1CCc2nc(-c3nc(-c4ccc5c(c4)CCNC5)c4ccsc4c3-c3c(F)cc(F)cc3OCCOC)sc2C1. The number of fused-ring (bicyclic) bond motifs is 3. The van der Waals surface area contributed by atoms with Crippen molar-refractivity contribution in [3.05, 3.63) is 87.8 Å². The Labute approximate surface area is 267 Å². The molecule has 0 saturated carbocycles. The second kappa shape index (κ2) is 12.4. The highest BCUT2D eigenvalue weighted by atomic mass is 32.1. The number of hydrogen-bond acceptors (Lipinski definition) is 8. The third-order valence-electron chi connectivity index (χ3n) is 8.21. The summed E-state index contributed by atoms with van der Waals surface area (Å²) in [4.78, 5) is 25.4. The lowest BCUT2D eigenvalue weighted by Crippen LogP contribution is -2.34. The summed E-state index contributed by atoms with van der Waals surface area (Å²) >= 11 is 2.91. The zero-order chi connectivity index (χ0) is 31.1. The number of benzene rings is 2. The molecule has 2 aliphatic heterocycles. The van der Waals surface area contributed by atoms with Crippen LogP contribution in [0.25, 0.3) is 43.2 Å². The topological polar surface area (TPSA) is 76.6 Å². The van der Waals surface area contributed by atoms with Crippen LogP contribution in [-0.4, -0.2) is 54.2 Å². The predicted molar refractivity (Wildman–Crippen MR) is 174 cm³/mol. The molecule has 230 valence electrons. The van der Waals surface area contributed by atoms with Crippen molar-refractivity contribution < 1.29 is 23.0 Å². The van der Waals surface area contributed by atoms with E-state index in [0.29, 0.717) is 35.8 Å². The van der Waals surface area contributed by atoms with Crippen molar-refractivity contribution in [1.29, 1.82) is 0 Å². The number of thiophene rings is 1. The Bertz CT molecular complexity index is 1950. The zero-order valence-corrected chi connectivity index (χ0v) is 26.3. The van der Waals surface area contributed by atoms with Crippen molar-refractivity contribution in [2.75, 3.05) is 33.4 Å². The van der Waals surface area contributed by atoms with Gasteiger partial charge in [-0.3, -0.25) is 4.79 Å². The minimum atomic E-state index is -0.752. The van der Waals surface area contributed by atoms with Crippen molar-refractivity contribution in [3.63, 3.8) is 0 Å². The minimum absolute atomic E-state index is 0.0698. The molecule has 0 unspecified atom stereocenters. The second-order valence-corrected chi connectivity index (χ2v) is 13.0. The third-order valence-corrected chi connectivity index (χ3v) is 10.2. The van der Waals surface area contributed by atoms with Crippen LogP contribution in [0, 0.1) is 11.6 Å². The first kappa shape index (κ1) is 29.7. The highest BCUT2D eigenvalue weighted by Crippen LogP contribution is 2.48. The van der Waals surface area contributed by atoms with Crippen LogP contribution in [0.4, 0.5) is 8.78 Å². The third kappa shape index (κ3) is 5.54. The summed E-state index contributed by atoms with van der Waals surface area (Å²) in [6.45, 7) is 6.68. The van der Waals surface area contributed by atoms with Crippen molar-refractivity contribution in [3.8, 4) is 38.8 Å². The lowest BCUT2D eigenvalue weighted by molar-refractivity contribution is -0.126.